The standard InChI is InChI=1S/C19H23FN2O6/c1-19(2,3)28-15(23)11-27-22(9-12-5-7-13(20)8-6-12)17(25)14-10-21(4)18(26)16(14)24/h5-8,14H,9-11H2,1-4H3. The topological polar surface area (TPSA) is 93.2 Å². The van der Waals surface area contributed by atoms with E-state index < -0.39 is 47.5 Å². The molecule has 2 rings (SSSR count). The molecule has 1 aliphatic rings. The fraction of sp³-hybridized carbons (Fsp3) is 0.474. The number of hydrogen-bond donors (Lipinski definition) is 0. The number of esters is 1. The zero-order chi connectivity index (χ0) is 21.1. The van der Waals surface area contributed by atoms with E-state index in [1.54, 1.807) is 20.8 Å². The van der Waals surface area contributed by atoms with Gasteiger partial charge in [0.25, 0.3) is 11.8 Å². The lowest BCUT2D eigenvalue weighted by molar-refractivity contribution is -0.204. The minimum absolute atomic E-state index is 0.0772. The van der Waals surface area contributed by atoms with Crippen LogP contribution in [0.4, 0.5) is 4.39 Å². The Morgan fingerprint density at radius 2 is 1.82 bits per heavy atom. The molecule has 1 fully saturated rings. The predicted octanol–water partition coefficient (Wildman–Crippen LogP) is 1.08. The number of Topliss-reactive ketones (excluding diaryl/α,β-unsaturated/α-hetero) is 1. The van der Waals surface area contributed by atoms with Crippen LogP contribution in [0.3, 0.4) is 0 Å². The predicted molar refractivity (Wildman–Crippen MR) is 94.9 cm³/mol. The maximum absolute atomic E-state index is 13.1. The summed E-state index contributed by atoms with van der Waals surface area (Å²) in [5.41, 5.74) is -0.216. The molecule has 1 aromatic carbocycles. The van der Waals surface area contributed by atoms with Gasteiger partial charge in [-0.15, -0.1) is 0 Å². The van der Waals surface area contributed by atoms with E-state index in [1.165, 1.54) is 31.3 Å². The first-order valence-corrected chi connectivity index (χ1v) is 8.68. The van der Waals surface area contributed by atoms with Crippen molar-refractivity contribution in [2.45, 2.75) is 32.9 Å². The number of nitrogens with zero attached hydrogens (tertiary/aromatic N) is 2. The molecule has 1 atom stereocenters. The molecule has 0 bridgehead atoms. The van der Waals surface area contributed by atoms with Gasteiger partial charge in [0.1, 0.15) is 17.3 Å². The normalized spacial score (nSPS) is 17.0. The minimum Gasteiger partial charge on any atom is -0.458 e. The van der Waals surface area contributed by atoms with E-state index in [2.05, 4.69) is 0 Å². The third-order valence-corrected chi connectivity index (χ3v) is 3.87. The molecule has 8 nitrogen and oxygen atoms in total. The van der Waals surface area contributed by atoms with Gasteiger partial charge in [0.05, 0.1) is 6.54 Å². The van der Waals surface area contributed by atoms with Gasteiger partial charge in [-0.2, -0.15) is 0 Å². The first-order chi connectivity index (χ1) is 13.0. The van der Waals surface area contributed by atoms with Crippen molar-refractivity contribution < 1.29 is 33.1 Å². The second-order valence-corrected chi connectivity index (χ2v) is 7.46. The van der Waals surface area contributed by atoms with Crippen LogP contribution in [0.1, 0.15) is 26.3 Å². The van der Waals surface area contributed by atoms with Gasteiger partial charge in [0.15, 0.2) is 6.61 Å². The number of carbonyl (C=O) groups excluding carboxylic acids is 4. The molecule has 1 aromatic rings. The Bertz CT molecular complexity index is 772. The molecule has 2 amide bonds. The second-order valence-electron chi connectivity index (χ2n) is 7.46. The summed E-state index contributed by atoms with van der Waals surface area (Å²) in [6, 6.07) is 5.31. The Hall–Kier alpha value is -2.81. The number of carbonyl (C=O) groups is 4. The molecular weight excluding hydrogens is 371 g/mol. The summed E-state index contributed by atoms with van der Waals surface area (Å²) in [7, 11) is 1.42. The van der Waals surface area contributed by atoms with Crippen molar-refractivity contribution in [2.75, 3.05) is 20.2 Å². The maximum Gasteiger partial charge on any atom is 0.335 e. The third kappa shape index (κ3) is 5.59. The molecule has 152 valence electrons. The average molecular weight is 394 g/mol. The SMILES string of the molecule is CN1CC(C(=O)N(Cc2ccc(F)cc2)OCC(=O)OC(C)(C)C)C(=O)C1=O. The maximum atomic E-state index is 13.1. The zero-order valence-corrected chi connectivity index (χ0v) is 16.2. The van der Waals surface area contributed by atoms with E-state index in [0.29, 0.717) is 5.56 Å². The molecule has 0 radical (unpaired) electrons. The molecule has 9 heteroatoms. The fourth-order valence-electron chi connectivity index (χ4n) is 2.59. The first kappa shape index (κ1) is 21.5. The number of hydrogen-bond acceptors (Lipinski definition) is 6. The zero-order valence-electron chi connectivity index (χ0n) is 16.2. The molecule has 1 unspecified atom stereocenters. The van der Waals surface area contributed by atoms with E-state index in [1.807, 2.05) is 0 Å². The minimum atomic E-state index is -1.23. The van der Waals surface area contributed by atoms with E-state index in [4.69, 9.17) is 9.57 Å². The summed E-state index contributed by atoms with van der Waals surface area (Å²) in [6.45, 7) is 4.28. The van der Waals surface area contributed by atoms with Crippen molar-refractivity contribution in [3.8, 4) is 0 Å². The van der Waals surface area contributed by atoms with E-state index in [0.717, 1.165) is 9.96 Å². The lowest BCUT2D eigenvalue weighted by Crippen LogP contribution is -2.41. The van der Waals surface area contributed by atoms with Crippen LogP contribution in [0.2, 0.25) is 0 Å². The molecule has 0 saturated carbocycles. The number of ether oxygens (including phenoxy) is 1. The van der Waals surface area contributed by atoms with Crippen LogP contribution >= 0.6 is 0 Å². The highest BCUT2D eigenvalue weighted by atomic mass is 19.1. The van der Waals surface area contributed by atoms with Crippen molar-refractivity contribution in [1.82, 2.24) is 9.96 Å². The van der Waals surface area contributed by atoms with E-state index >= 15 is 0 Å². The van der Waals surface area contributed by atoms with Gasteiger partial charge < -0.3 is 9.64 Å². The van der Waals surface area contributed by atoms with Crippen molar-refractivity contribution in [3.63, 3.8) is 0 Å². The fourth-order valence-corrected chi connectivity index (χ4v) is 2.59. The largest absolute Gasteiger partial charge is 0.458 e. The Kier molecular flexibility index (Phi) is 6.50. The van der Waals surface area contributed by atoms with E-state index in [9.17, 15) is 23.6 Å². The number of likely N-dealkylation sites (tertiary alicyclic amines) is 1. The van der Waals surface area contributed by atoms with Gasteiger partial charge in [0.2, 0.25) is 5.78 Å². The number of benzene rings is 1. The van der Waals surface area contributed by atoms with Crippen LogP contribution in [0.15, 0.2) is 24.3 Å². The summed E-state index contributed by atoms with van der Waals surface area (Å²) in [5, 5.41) is 0.839. The van der Waals surface area contributed by atoms with Gasteiger partial charge in [-0.1, -0.05) is 12.1 Å². The molecule has 28 heavy (non-hydrogen) atoms. The molecule has 0 aromatic heterocycles. The molecule has 0 spiro atoms. The molecule has 0 aliphatic carbocycles. The smallest absolute Gasteiger partial charge is 0.335 e. The van der Waals surface area contributed by atoms with E-state index in [-0.39, 0.29) is 13.1 Å². The van der Waals surface area contributed by atoms with Crippen molar-refractivity contribution in [2.24, 2.45) is 5.92 Å². The van der Waals surface area contributed by atoms with Crippen LogP contribution in [-0.4, -0.2) is 59.3 Å². The number of halogens is 1. The summed E-state index contributed by atoms with van der Waals surface area (Å²) >= 11 is 0. The van der Waals surface area contributed by atoms with Crippen LogP contribution in [0.25, 0.3) is 0 Å². The molecule has 1 saturated heterocycles. The monoisotopic (exact) mass is 394 g/mol. The van der Waals surface area contributed by atoms with Gasteiger partial charge in [0, 0.05) is 13.6 Å². The third-order valence-electron chi connectivity index (χ3n) is 3.87. The van der Waals surface area contributed by atoms with Crippen LogP contribution in [-0.2, 0) is 35.3 Å². The highest BCUT2D eigenvalue weighted by Crippen LogP contribution is 2.18. The molecule has 0 N–H and O–H groups in total. The summed E-state index contributed by atoms with van der Waals surface area (Å²) in [5.74, 6) is -4.72. The van der Waals surface area contributed by atoms with Gasteiger partial charge in [-0.25, -0.2) is 14.2 Å². The molecule has 1 aliphatic heterocycles. The van der Waals surface area contributed by atoms with Crippen LogP contribution < -0.4 is 0 Å². The second kappa shape index (κ2) is 8.47. The average Bonchev–Trinajstić information content (AvgIpc) is 2.85. The van der Waals surface area contributed by atoms with Gasteiger partial charge in [-0.3, -0.25) is 19.2 Å². The van der Waals surface area contributed by atoms with Gasteiger partial charge in [-0.05, 0) is 38.5 Å². The van der Waals surface area contributed by atoms with Gasteiger partial charge >= 0.3 is 5.97 Å². The molecule has 1 heterocycles. The number of hydroxylamine groups is 2. The highest BCUT2D eigenvalue weighted by molar-refractivity contribution is 6.42. The van der Waals surface area contributed by atoms with Crippen molar-refractivity contribution in [3.05, 3.63) is 35.6 Å². The summed E-state index contributed by atoms with van der Waals surface area (Å²) in [4.78, 5) is 54.9. The Labute approximate surface area is 162 Å². The Morgan fingerprint density at radius 1 is 1.21 bits per heavy atom. The Balaban J connectivity index is 2.14. The summed E-state index contributed by atoms with van der Waals surface area (Å²) < 4.78 is 18.3. The lowest BCUT2D eigenvalue weighted by atomic mass is 10.1. The molecular formula is C19H23FN2O6. The number of amides is 2. The highest BCUT2D eigenvalue weighted by Gasteiger charge is 2.43. The quantitative estimate of drug-likeness (QED) is 0.310. The van der Waals surface area contributed by atoms with Crippen LogP contribution in [0, 0.1) is 11.7 Å². The number of rotatable bonds is 6. The number of ketones is 1. The Morgan fingerprint density at radius 3 is 2.32 bits per heavy atom. The number of likely N-dealkylation sites (N-methyl/N-ethyl adjacent to an activating group) is 1. The van der Waals surface area contributed by atoms with Crippen LogP contribution in [0.5, 0.6) is 0 Å². The summed E-state index contributed by atoms with van der Waals surface area (Å²) in [6.07, 6.45) is 0. The van der Waals surface area contributed by atoms with Crippen molar-refractivity contribution >= 4 is 23.6 Å². The van der Waals surface area contributed by atoms with Crippen molar-refractivity contribution in [1.29, 1.82) is 0 Å². The lowest BCUT2D eigenvalue weighted by Gasteiger charge is -2.25. The first-order valence-electron chi connectivity index (χ1n) is 8.68.